The number of anilines is 1. The Morgan fingerprint density at radius 2 is 2.19 bits per heavy atom. The number of amides is 1. The van der Waals surface area contributed by atoms with Crippen molar-refractivity contribution in [3.05, 3.63) is 22.9 Å². The van der Waals surface area contributed by atoms with Crippen LogP contribution in [0.1, 0.15) is 21.6 Å². The van der Waals surface area contributed by atoms with Crippen molar-refractivity contribution in [2.24, 2.45) is 5.73 Å². The van der Waals surface area contributed by atoms with Gasteiger partial charge in [0.15, 0.2) is 6.04 Å². The minimum Gasteiger partial charge on any atom is -0.467 e. The Bertz CT molecular complexity index is 574. The number of carbonyl (C=O) groups excluding carboxylic acids is 2. The van der Waals surface area contributed by atoms with Crippen molar-refractivity contribution in [2.45, 2.75) is 19.9 Å². The van der Waals surface area contributed by atoms with Crippen molar-refractivity contribution in [1.82, 2.24) is 4.98 Å². The van der Waals surface area contributed by atoms with E-state index in [1.54, 1.807) is 17.9 Å². The largest absolute Gasteiger partial charge is 0.467 e. The molecule has 0 aromatic carbocycles. The molecule has 21 heavy (non-hydrogen) atoms. The molecular formula is C14H19N3O4. The number of aromatic nitrogens is 1. The van der Waals surface area contributed by atoms with E-state index in [9.17, 15) is 9.59 Å². The van der Waals surface area contributed by atoms with Crippen LogP contribution in [0.5, 0.6) is 0 Å². The molecule has 1 amide bonds. The van der Waals surface area contributed by atoms with Gasteiger partial charge in [0.2, 0.25) is 0 Å². The molecule has 2 rings (SSSR count). The van der Waals surface area contributed by atoms with Crippen LogP contribution in [-0.4, -0.2) is 49.8 Å². The summed E-state index contributed by atoms with van der Waals surface area (Å²) in [6.07, 6.45) is 0. The number of methoxy groups -OCH3 is 1. The first kappa shape index (κ1) is 15.2. The fourth-order valence-electron chi connectivity index (χ4n) is 2.52. The average molecular weight is 293 g/mol. The topological polar surface area (TPSA) is 94.8 Å². The fraction of sp³-hybridized carbons (Fsp3) is 0.500. The van der Waals surface area contributed by atoms with E-state index in [0.29, 0.717) is 24.5 Å². The Morgan fingerprint density at radius 1 is 1.48 bits per heavy atom. The van der Waals surface area contributed by atoms with Gasteiger partial charge < -0.3 is 20.1 Å². The van der Waals surface area contributed by atoms with E-state index in [-0.39, 0.29) is 6.61 Å². The summed E-state index contributed by atoms with van der Waals surface area (Å²) in [5.74, 6) is -0.574. The van der Waals surface area contributed by atoms with Crippen molar-refractivity contribution in [3.8, 4) is 0 Å². The van der Waals surface area contributed by atoms with Crippen LogP contribution < -0.4 is 10.6 Å². The molecule has 1 aromatic rings. The van der Waals surface area contributed by atoms with Gasteiger partial charge in [-0.15, -0.1) is 0 Å². The van der Waals surface area contributed by atoms with E-state index in [1.807, 2.05) is 6.92 Å². The molecule has 7 heteroatoms. The molecule has 0 bridgehead atoms. The Balaban J connectivity index is 2.52. The van der Waals surface area contributed by atoms with Crippen LogP contribution in [0.3, 0.4) is 0 Å². The van der Waals surface area contributed by atoms with Crippen molar-refractivity contribution in [1.29, 1.82) is 0 Å². The third kappa shape index (κ3) is 2.97. The highest BCUT2D eigenvalue weighted by Gasteiger charge is 2.33. The molecule has 1 aromatic heterocycles. The summed E-state index contributed by atoms with van der Waals surface area (Å²) in [4.78, 5) is 29.8. The maximum absolute atomic E-state index is 11.9. The molecule has 0 spiro atoms. The first-order chi connectivity index (χ1) is 9.95. The van der Waals surface area contributed by atoms with E-state index in [1.165, 1.54) is 7.11 Å². The molecule has 7 nitrogen and oxygen atoms in total. The summed E-state index contributed by atoms with van der Waals surface area (Å²) in [6, 6.07) is 1.16. The number of rotatable bonds is 3. The normalized spacial score (nSPS) is 18.4. The second-order valence-electron chi connectivity index (χ2n) is 4.95. The van der Waals surface area contributed by atoms with Gasteiger partial charge in [-0.1, -0.05) is 0 Å². The molecule has 1 atom stereocenters. The van der Waals surface area contributed by atoms with Gasteiger partial charge in [0.1, 0.15) is 5.82 Å². The molecule has 1 unspecified atom stereocenters. The van der Waals surface area contributed by atoms with Crippen LogP contribution in [-0.2, 0) is 14.3 Å². The van der Waals surface area contributed by atoms with Crippen LogP contribution in [0.2, 0.25) is 0 Å². The van der Waals surface area contributed by atoms with Crippen LogP contribution in [0.15, 0.2) is 6.07 Å². The lowest BCUT2D eigenvalue weighted by molar-refractivity contribution is -0.144. The molecule has 1 saturated heterocycles. The maximum atomic E-state index is 11.9. The van der Waals surface area contributed by atoms with Gasteiger partial charge in [0.25, 0.3) is 5.91 Å². The highest BCUT2D eigenvalue weighted by molar-refractivity contribution is 6.00. The van der Waals surface area contributed by atoms with E-state index in [2.05, 4.69) is 4.98 Å². The summed E-state index contributed by atoms with van der Waals surface area (Å²) < 4.78 is 10.1. The lowest BCUT2D eigenvalue weighted by atomic mass is 10.1. The minimum absolute atomic E-state index is 0.194. The molecule has 1 fully saturated rings. The number of morpholine rings is 1. The SMILES string of the molecule is COC(=O)C1COCCN1c1nc(C)cc(C)c1C(N)=O. The Hall–Kier alpha value is -2.15. The van der Waals surface area contributed by atoms with Gasteiger partial charge in [-0.25, -0.2) is 9.78 Å². The molecule has 1 aliphatic rings. The highest BCUT2D eigenvalue weighted by Crippen LogP contribution is 2.26. The van der Waals surface area contributed by atoms with Gasteiger partial charge >= 0.3 is 5.97 Å². The van der Waals surface area contributed by atoms with Gasteiger partial charge in [0.05, 0.1) is 25.9 Å². The Kier molecular flexibility index (Phi) is 4.42. The van der Waals surface area contributed by atoms with E-state index in [0.717, 1.165) is 11.3 Å². The zero-order chi connectivity index (χ0) is 15.6. The predicted octanol–water partition coefficient (Wildman–Crippen LogP) is 0.176. The number of esters is 1. The lowest BCUT2D eigenvalue weighted by Crippen LogP contribution is -2.51. The quantitative estimate of drug-likeness (QED) is 0.799. The summed E-state index contributed by atoms with van der Waals surface area (Å²) in [5, 5.41) is 0. The first-order valence-electron chi connectivity index (χ1n) is 6.66. The average Bonchev–Trinajstić information content (AvgIpc) is 2.45. The van der Waals surface area contributed by atoms with Gasteiger partial charge in [-0.05, 0) is 25.5 Å². The van der Waals surface area contributed by atoms with E-state index >= 15 is 0 Å². The smallest absolute Gasteiger partial charge is 0.330 e. The number of carbonyl (C=O) groups is 2. The van der Waals surface area contributed by atoms with E-state index < -0.39 is 17.9 Å². The zero-order valence-electron chi connectivity index (χ0n) is 12.4. The van der Waals surface area contributed by atoms with Crippen LogP contribution in [0.4, 0.5) is 5.82 Å². The number of primary amides is 1. The summed E-state index contributed by atoms with van der Waals surface area (Å²) in [7, 11) is 1.32. The first-order valence-corrected chi connectivity index (χ1v) is 6.66. The second-order valence-corrected chi connectivity index (χ2v) is 4.95. The standard InChI is InChI=1S/C14H19N3O4/c1-8-6-9(2)16-13(11(8)12(15)18)17-4-5-21-7-10(17)14(19)20-3/h6,10H,4-5,7H2,1-3H3,(H2,15,18). The van der Waals surface area contributed by atoms with E-state index in [4.69, 9.17) is 15.2 Å². The van der Waals surface area contributed by atoms with Crippen LogP contribution in [0, 0.1) is 13.8 Å². The molecule has 114 valence electrons. The lowest BCUT2D eigenvalue weighted by Gasteiger charge is -2.35. The summed E-state index contributed by atoms with van der Waals surface area (Å²) in [6.45, 7) is 4.70. The van der Waals surface area contributed by atoms with Crippen molar-refractivity contribution in [2.75, 3.05) is 31.8 Å². The molecule has 0 saturated carbocycles. The Morgan fingerprint density at radius 3 is 2.81 bits per heavy atom. The number of nitrogens with zero attached hydrogens (tertiary/aromatic N) is 2. The molecule has 1 aliphatic heterocycles. The monoisotopic (exact) mass is 293 g/mol. The molecule has 2 N–H and O–H groups in total. The Labute approximate surface area is 123 Å². The zero-order valence-corrected chi connectivity index (χ0v) is 12.4. The molecular weight excluding hydrogens is 274 g/mol. The molecule has 2 heterocycles. The fourth-order valence-corrected chi connectivity index (χ4v) is 2.52. The van der Waals surface area contributed by atoms with Crippen LogP contribution >= 0.6 is 0 Å². The summed E-state index contributed by atoms with van der Waals surface area (Å²) in [5.41, 5.74) is 7.29. The molecule has 0 aliphatic carbocycles. The van der Waals surface area contributed by atoms with Gasteiger partial charge in [-0.2, -0.15) is 0 Å². The third-order valence-corrected chi connectivity index (χ3v) is 3.45. The number of pyridine rings is 1. The van der Waals surface area contributed by atoms with Crippen molar-refractivity contribution >= 4 is 17.7 Å². The predicted molar refractivity (Wildman–Crippen MR) is 76.2 cm³/mol. The van der Waals surface area contributed by atoms with Crippen LogP contribution in [0.25, 0.3) is 0 Å². The number of ether oxygens (including phenoxy) is 2. The minimum atomic E-state index is -0.629. The third-order valence-electron chi connectivity index (χ3n) is 3.45. The second kappa shape index (κ2) is 6.09. The molecule has 0 radical (unpaired) electrons. The number of aryl methyl sites for hydroxylation is 2. The maximum Gasteiger partial charge on any atom is 0.330 e. The van der Waals surface area contributed by atoms with Gasteiger partial charge in [0, 0.05) is 12.2 Å². The number of nitrogens with two attached hydrogens (primary N) is 1. The van der Waals surface area contributed by atoms with Crippen molar-refractivity contribution in [3.63, 3.8) is 0 Å². The number of hydrogen-bond acceptors (Lipinski definition) is 6. The van der Waals surface area contributed by atoms with Crippen molar-refractivity contribution < 1.29 is 19.1 Å². The summed E-state index contributed by atoms with van der Waals surface area (Å²) >= 11 is 0. The highest BCUT2D eigenvalue weighted by atomic mass is 16.5. The number of hydrogen-bond donors (Lipinski definition) is 1. The van der Waals surface area contributed by atoms with Gasteiger partial charge in [-0.3, -0.25) is 4.79 Å².